The summed E-state index contributed by atoms with van der Waals surface area (Å²) in [5, 5.41) is 10.5. The summed E-state index contributed by atoms with van der Waals surface area (Å²) in [7, 11) is 0. The molecule has 7 heteroatoms. The monoisotopic (exact) mass is 337 g/mol. The zero-order chi connectivity index (χ0) is 14.5. The maximum atomic E-state index is 12.1. The molecule has 0 unspecified atom stereocenters. The molecule has 0 aliphatic heterocycles. The summed E-state index contributed by atoms with van der Waals surface area (Å²) in [6.07, 6.45) is 2.42. The Kier molecular flexibility index (Phi) is 4.86. The number of benzene rings is 1. The van der Waals surface area contributed by atoms with E-state index in [1.165, 1.54) is 0 Å². The first kappa shape index (κ1) is 14.7. The molecule has 2 rings (SSSR count). The predicted molar refractivity (Wildman–Crippen MR) is 80.5 cm³/mol. The minimum absolute atomic E-state index is 0.273. The van der Waals surface area contributed by atoms with Crippen LogP contribution in [0.2, 0.25) is 0 Å². The number of carbonyl (C=O) groups excluding carboxylic acids is 1. The summed E-state index contributed by atoms with van der Waals surface area (Å²) < 4.78 is 2.54. The highest BCUT2D eigenvalue weighted by Crippen LogP contribution is 2.22. The number of nitrogens with two attached hydrogens (primary N) is 1. The summed E-state index contributed by atoms with van der Waals surface area (Å²) in [5.41, 5.74) is 7.55. The van der Waals surface area contributed by atoms with Crippen molar-refractivity contribution < 1.29 is 4.79 Å². The Morgan fingerprint density at radius 1 is 1.50 bits per heavy atom. The molecule has 2 aromatic rings. The Bertz CT molecular complexity index is 611. The highest BCUT2D eigenvalue weighted by atomic mass is 79.9. The van der Waals surface area contributed by atoms with Crippen molar-refractivity contribution in [3.63, 3.8) is 0 Å². The summed E-state index contributed by atoms with van der Waals surface area (Å²) >= 11 is 3.42. The Balaban J connectivity index is 2.14. The van der Waals surface area contributed by atoms with Gasteiger partial charge in [-0.3, -0.25) is 9.48 Å². The van der Waals surface area contributed by atoms with E-state index in [9.17, 15) is 4.79 Å². The average molecular weight is 338 g/mol. The molecule has 0 radical (unpaired) electrons. The van der Waals surface area contributed by atoms with E-state index in [1.54, 1.807) is 10.9 Å². The van der Waals surface area contributed by atoms with E-state index in [2.05, 4.69) is 31.6 Å². The van der Waals surface area contributed by atoms with Crippen molar-refractivity contribution in [2.75, 3.05) is 11.9 Å². The van der Waals surface area contributed by atoms with Gasteiger partial charge < -0.3 is 11.1 Å². The molecule has 1 aromatic carbocycles. The largest absolute Gasteiger partial charge is 0.329 e. The number of nitrogens with zero attached hydrogens (tertiary/aromatic N) is 3. The van der Waals surface area contributed by atoms with Crippen molar-refractivity contribution >= 4 is 27.5 Å². The quantitative estimate of drug-likeness (QED) is 0.871. The number of carbonyl (C=O) groups is 1. The Labute approximate surface area is 125 Å². The van der Waals surface area contributed by atoms with Crippen LogP contribution in [0.15, 0.2) is 28.9 Å². The molecule has 0 saturated carbocycles. The van der Waals surface area contributed by atoms with Gasteiger partial charge in [0.25, 0.3) is 5.91 Å². The van der Waals surface area contributed by atoms with Gasteiger partial charge in [0, 0.05) is 16.7 Å². The smallest absolute Gasteiger partial charge is 0.277 e. The molecule has 0 atom stereocenters. The van der Waals surface area contributed by atoms with E-state index >= 15 is 0 Å². The number of nitrogens with one attached hydrogen (secondary N) is 1. The maximum Gasteiger partial charge on any atom is 0.277 e. The first-order chi connectivity index (χ1) is 9.63. The summed E-state index contributed by atoms with van der Waals surface area (Å²) in [6, 6.07) is 5.74. The Hall–Kier alpha value is -1.73. The van der Waals surface area contributed by atoms with Crippen LogP contribution in [0.5, 0.6) is 0 Å². The number of aromatic nitrogens is 3. The van der Waals surface area contributed by atoms with Gasteiger partial charge in [0.05, 0.1) is 12.7 Å². The third-order valence-corrected chi connectivity index (χ3v) is 3.32. The number of halogens is 1. The zero-order valence-electron chi connectivity index (χ0n) is 11.1. The van der Waals surface area contributed by atoms with Crippen molar-refractivity contribution in [1.29, 1.82) is 0 Å². The van der Waals surface area contributed by atoms with Crippen LogP contribution in [0.1, 0.15) is 23.0 Å². The standard InChI is InChI=1S/C13H16BrN5O/c1-2-9-7-10(14)3-4-11(9)16-13(20)12-8-19(6-5-15)18-17-12/h3-4,7-8H,2,5-6,15H2,1H3,(H,16,20). The summed E-state index contributed by atoms with van der Waals surface area (Å²) in [5.74, 6) is -0.273. The van der Waals surface area contributed by atoms with E-state index in [0.29, 0.717) is 13.1 Å². The molecule has 3 N–H and O–H groups in total. The van der Waals surface area contributed by atoms with Crippen LogP contribution < -0.4 is 11.1 Å². The lowest BCUT2D eigenvalue weighted by Gasteiger charge is -2.09. The zero-order valence-corrected chi connectivity index (χ0v) is 12.7. The van der Waals surface area contributed by atoms with Gasteiger partial charge in [0.2, 0.25) is 0 Å². The van der Waals surface area contributed by atoms with E-state index in [-0.39, 0.29) is 11.6 Å². The first-order valence-electron chi connectivity index (χ1n) is 6.34. The lowest BCUT2D eigenvalue weighted by molar-refractivity contribution is 0.102. The predicted octanol–water partition coefficient (Wildman–Crippen LogP) is 1.81. The fourth-order valence-electron chi connectivity index (χ4n) is 1.81. The lowest BCUT2D eigenvalue weighted by atomic mass is 10.1. The molecule has 0 fully saturated rings. The number of amides is 1. The second-order valence-corrected chi connectivity index (χ2v) is 5.18. The second-order valence-electron chi connectivity index (χ2n) is 4.26. The number of hydrogen-bond acceptors (Lipinski definition) is 4. The highest BCUT2D eigenvalue weighted by Gasteiger charge is 2.12. The van der Waals surface area contributed by atoms with Gasteiger partial charge in [0.1, 0.15) is 0 Å². The molecular formula is C13H16BrN5O. The van der Waals surface area contributed by atoms with Crippen LogP contribution >= 0.6 is 15.9 Å². The van der Waals surface area contributed by atoms with Crippen molar-refractivity contribution in [1.82, 2.24) is 15.0 Å². The first-order valence-corrected chi connectivity index (χ1v) is 7.13. The van der Waals surface area contributed by atoms with Gasteiger partial charge in [-0.1, -0.05) is 28.1 Å². The highest BCUT2D eigenvalue weighted by molar-refractivity contribution is 9.10. The van der Waals surface area contributed by atoms with Crippen LogP contribution in [-0.4, -0.2) is 27.4 Å². The van der Waals surface area contributed by atoms with E-state index in [0.717, 1.165) is 22.1 Å². The van der Waals surface area contributed by atoms with Crippen LogP contribution in [0.3, 0.4) is 0 Å². The van der Waals surface area contributed by atoms with Crippen LogP contribution in [0, 0.1) is 0 Å². The number of hydrogen-bond donors (Lipinski definition) is 2. The molecule has 0 aliphatic carbocycles. The number of anilines is 1. The molecule has 0 bridgehead atoms. The molecule has 20 heavy (non-hydrogen) atoms. The van der Waals surface area contributed by atoms with E-state index in [1.807, 2.05) is 25.1 Å². The molecule has 106 valence electrons. The fraction of sp³-hybridized carbons (Fsp3) is 0.308. The van der Waals surface area contributed by atoms with Crippen molar-refractivity contribution in [3.05, 3.63) is 40.1 Å². The van der Waals surface area contributed by atoms with Crippen molar-refractivity contribution in [3.8, 4) is 0 Å². The second kappa shape index (κ2) is 6.62. The van der Waals surface area contributed by atoms with Gasteiger partial charge in [-0.15, -0.1) is 5.10 Å². The molecular weight excluding hydrogens is 322 g/mol. The normalized spacial score (nSPS) is 10.6. The lowest BCUT2D eigenvalue weighted by Crippen LogP contribution is -2.14. The third kappa shape index (κ3) is 3.43. The molecule has 0 saturated heterocycles. The molecule has 1 aromatic heterocycles. The molecule has 0 spiro atoms. The van der Waals surface area contributed by atoms with Crippen LogP contribution in [0.25, 0.3) is 0 Å². The molecule has 1 amide bonds. The Morgan fingerprint density at radius 3 is 3.00 bits per heavy atom. The topological polar surface area (TPSA) is 85.8 Å². The van der Waals surface area contributed by atoms with Crippen LogP contribution in [-0.2, 0) is 13.0 Å². The van der Waals surface area contributed by atoms with Gasteiger partial charge in [-0.25, -0.2) is 0 Å². The van der Waals surface area contributed by atoms with Crippen molar-refractivity contribution in [2.24, 2.45) is 5.73 Å². The summed E-state index contributed by atoms with van der Waals surface area (Å²) in [4.78, 5) is 12.1. The molecule has 1 heterocycles. The average Bonchev–Trinajstić information content (AvgIpc) is 2.90. The molecule has 0 aliphatic rings. The van der Waals surface area contributed by atoms with E-state index < -0.39 is 0 Å². The SMILES string of the molecule is CCc1cc(Br)ccc1NC(=O)c1cn(CCN)nn1. The fourth-order valence-corrected chi connectivity index (χ4v) is 2.22. The number of rotatable bonds is 5. The maximum absolute atomic E-state index is 12.1. The molecule has 6 nitrogen and oxygen atoms in total. The van der Waals surface area contributed by atoms with Gasteiger partial charge in [-0.2, -0.15) is 0 Å². The third-order valence-electron chi connectivity index (χ3n) is 2.83. The minimum Gasteiger partial charge on any atom is -0.329 e. The van der Waals surface area contributed by atoms with Crippen LogP contribution in [0.4, 0.5) is 5.69 Å². The minimum atomic E-state index is -0.273. The van der Waals surface area contributed by atoms with E-state index in [4.69, 9.17) is 5.73 Å². The summed E-state index contributed by atoms with van der Waals surface area (Å²) in [6.45, 7) is 3.03. The Morgan fingerprint density at radius 2 is 2.30 bits per heavy atom. The number of aryl methyl sites for hydroxylation is 1. The van der Waals surface area contributed by atoms with Gasteiger partial charge in [-0.05, 0) is 30.2 Å². The van der Waals surface area contributed by atoms with Crippen molar-refractivity contribution in [2.45, 2.75) is 19.9 Å². The van der Waals surface area contributed by atoms with Gasteiger partial charge >= 0.3 is 0 Å². The van der Waals surface area contributed by atoms with Gasteiger partial charge in [0.15, 0.2) is 5.69 Å².